The number of ether oxygens (including phenoxy) is 2. The van der Waals surface area contributed by atoms with Crippen LogP contribution in [0.3, 0.4) is 0 Å². The molecule has 0 unspecified atom stereocenters. The normalized spacial score (nSPS) is 38.9. The van der Waals surface area contributed by atoms with Crippen molar-refractivity contribution in [3.63, 3.8) is 0 Å². The smallest absolute Gasteiger partial charge is 0.331 e. The van der Waals surface area contributed by atoms with E-state index >= 15 is 0 Å². The van der Waals surface area contributed by atoms with E-state index in [4.69, 9.17) is 9.47 Å². The molecule has 9 heteroatoms. The number of carbonyl (C=O) groups is 3. The molecule has 0 aliphatic heterocycles. The Labute approximate surface area is 270 Å². The van der Waals surface area contributed by atoms with Gasteiger partial charge in [0.2, 0.25) is 0 Å². The number of aliphatic hydroxyl groups is 3. The van der Waals surface area contributed by atoms with Crippen molar-refractivity contribution >= 4 is 23.8 Å². The predicted molar refractivity (Wildman–Crippen MR) is 169 cm³/mol. The number of fused-ring (bicyclic) bond motifs is 5. The first-order valence-corrected chi connectivity index (χ1v) is 16.3. The number of hydrogen-bond acceptors (Lipinski definition) is 8. The van der Waals surface area contributed by atoms with Gasteiger partial charge in [0, 0.05) is 24.5 Å². The minimum atomic E-state index is -2.01. The van der Waals surface area contributed by atoms with E-state index in [1.54, 1.807) is 25.1 Å². The number of Topliss-reactive ketones (excluding diaryl/α,β-unsaturated/α-hetero) is 1. The van der Waals surface area contributed by atoms with Crippen LogP contribution in [0.2, 0.25) is 0 Å². The van der Waals surface area contributed by atoms with Crippen molar-refractivity contribution in [2.75, 3.05) is 0 Å². The van der Waals surface area contributed by atoms with Crippen LogP contribution in [-0.2, 0) is 23.9 Å². The van der Waals surface area contributed by atoms with Gasteiger partial charge in [0.05, 0.1) is 5.41 Å². The Morgan fingerprint density at radius 2 is 1.65 bits per heavy atom. The molecule has 1 aromatic rings. The molecule has 0 heterocycles. The van der Waals surface area contributed by atoms with E-state index in [0.29, 0.717) is 24.8 Å². The van der Waals surface area contributed by atoms with Gasteiger partial charge in [-0.05, 0) is 94.4 Å². The lowest BCUT2D eigenvalue weighted by Gasteiger charge is -2.67. The van der Waals surface area contributed by atoms with Crippen molar-refractivity contribution in [2.45, 2.75) is 115 Å². The monoisotopic (exact) mass is 638 g/mol. The highest BCUT2D eigenvalue weighted by Crippen LogP contribution is 2.71. The number of carbonyl (C=O) groups excluding carboxylic acids is 3. The highest BCUT2D eigenvalue weighted by molar-refractivity contribution is 5.88. The quantitative estimate of drug-likeness (QED) is 0.206. The highest BCUT2D eigenvalue weighted by Gasteiger charge is 2.81. The van der Waals surface area contributed by atoms with Crippen molar-refractivity contribution in [1.29, 1.82) is 0 Å². The molecular weight excluding hydrogens is 591 g/mol. The molecule has 4 aliphatic carbocycles. The van der Waals surface area contributed by atoms with Crippen LogP contribution in [0.1, 0.15) is 92.1 Å². The molecule has 5 rings (SSSR count). The lowest BCUT2D eigenvalue weighted by molar-refractivity contribution is -0.314. The zero-order valence-corrected chi connectivity index (χ0v) is 27.6. The van der Waals surface area contributed by atoms with E-state index in [0.717, 1.165) is 11.1 Å². The second kappa shape index (κ2) is 11.8. The SMILES string of the molecule is CC(=O)[C@]1(O)CC[C@@]2(O)[C@]1(C)[C@H](OC(=O)/C=C(\C)C(C)C)C[C@@H]1[C@@]3(C)CC[C@H](OC(=O)/C=C/c4ccc(F)cc4)CC3=CC[C@]12O. The third kappa shape index (κ3) is 5.19. The number of allylic oxidation sites excluding steroid dienone is 1. The van der Waals surface area contributed by atoms with Crippen LogP contribution in [0, 0.1) is 28.5 Å². The fourth-order valence-electron chi connectivity index (χ4n) is 8.93. The van der Waals surface area contributed by atoms with Gasteiger partial charge in [-0.25, -0.2) is 14.0 Å². The lowest BCUT2D eigenvalue weighted by Crippen LogP contribution is -2.78. The summed E-state index contributed by atoms with van der Waals surface area (Å²) >= 11 is 0. The summed E-state index contributed by atoms with van der Waals surface area (Å²) in [6.07, 6.45) is 6.30. The average Bonchev–Trinajstić information content (AvgIpc) is 3.22. The molecule has 0 spiro atoms. The predicted octanol–water partition coefficient (Wildman–Crippen LogP) is 5.39. The van der Waals surface area contributed by atoms with Gasteiger partial charge in [-0.2, -0.15) is 0 Å². The molecule has 1 aromatic carbocycles. The van der Waals surface area contributed by atoms with E-state index < -0.39 is 63.5 Å². The van der Waals surface area contributed by atoms with Crippen molar-refractivity contribution in [1.82, 2.24) is 0 Å². The van der Waals surface area contributed by atoms with Crippen molar-refractivity contribution in [3.05, 3.63) is 65.0 Å². The maximum absolute atomic E-state index is 13.3. The Hall–Kier alpha value is -3.14. The molecule has 3 N–H and O–H groups in total. The first kappa shape index (κ1) is 34.2. The Morgan fingerprint density at radius 3 is 2.28 bits per heavy atom. The Kier molecular flexibility index (Phi) is 8.80. The van der Waals surface area contributed by atoms with Crippen LogP contribution in [-0.4, -0.2) is 62.1 Å². The van der Waals surface area contributed by atoms with Gasteiger partial charge in [0.25, 0.3) is 0 Å². The number of rotatable bonds is 7. The van der Waals surface area contributed by atoms with Gasteiger partial charge in [0.1, 0.15) is 34.8 Å². The highest BCUT2D eigenvalue weighted by atomic mass is 19.1. The minimum Gasteiger partial charge on any atom is -0.459 e. The zero-order chi connectivity index (χ0) is 33.9. The van der Waals surface area contributed by atoms with Crippen molar-refractivity contribution < 1.29 is 43.6 Å². The molecule has 4 aliphatic rings. The van der Waals surface area contributed by atoms with Crippen LogP contribution in [0.5, 0.6) is 0 Å². The number of benzene rings is 1. The molecule has 0 aromatic heterocycles. The van der Waals surface area contributed by atoms with E-state index in [1.165, 1.54) is 31.2 Å². The maximum atomic E-state index is 13.3. The summed E-state index contributed by atoms with van der Waals surface area (Å²) in [5, 5.41) is 37.1. The van der Waals surface area contributed by atoms with Crippen molar-refractivity contribution in [3.8, 4) is 0 Å². The molecule has 0 saturated heterocycles. The van der Waals surface area contributed by atoms with Gasteiger partial charge in [-0.3, -0.25) is 4.79 Å². The number of halogens is 1. The van der Waals surface area contributed by atoms with Gasteiger partial charge in [-0.1, -0.05) is 50.1 Å². The third-order valence-electron chi connectivity index (χ3n) is 12.2. The summed E-state index contributed by atoms with van der Waals surface area (Å²) in [6.45, 7) is 10.6. The number of esters is 2. The molecule has 3 saturated carbocycles. The topological polar surface area (TPSA) is 130 Å². The molecule has 3 fully saturated rings. The molecule has 0 bridgehead atoms. The molecule has 0 amide bonds. The zero-order valence-electron chi connectivity index (χ0n) is 27.6. The molecule has 250 valence electrons. The van der Waals surface area contributed by atoms with Crippen LogP contribution >= 0.6 is 0 Å². The Balaban J connectivity index is 1.44. The summed E-state index contributed by atoms with van der Waals surface area (Å²) in [6, 6.07) is 5.76. The second-order valence-electron chi connectivity index (χ2n) is 14.7. The van der Waals surface area contributed by atoms with Crippen LogP contribution in [0.25, 0.3) is 6.08 Å². The van der Waals surface area contributed by atoms with E-state index in [9.17, 15) is 34.1 Å². The summed E-state index contributed by atoms with van der Waals surface area (Å²) in [7, 11) is 0. The van der Waals surface area contributed by atoms with E-state index in [-0.39, 0.29) is 37.4 Å². The molecule has 46 heavy (non-hydrogen) atoms. The molecule has 8 atom stereocenters. The third-order valence-corrected chi connectivity index (χ3v) is 12.2. The molecular formula is C37H47FO8. The summed E-state index contributed by atoms with van der Waals surface area (Å²) in [5.41, 5.74) is -5.51. The summed E-state index contributed by atoms with van der Waals surface area (Å²) < 4.78 is 25.1. The van der Waals surface area contributed by atoms with E-state index in [2.05, 4.69) is 0 Å². The van der Waals surface area contributed by atoms with Crippen molar-refractivity contribution in [2.24, 2.45) is 22.7 Å². The van der Waals surface area contributed by atoms with E-state index in [1.807, 2.05) is 33.8 Å². The fraction of sp³-hybridized carbons (Fsp3) is 0.595. The first-order valence-electron chi connectivity index (χ1n) is 16.3. The van der Waals surface area contributed by atoms with Crippen LogP contribution in [0.15, 0.2) is 53.6 Å². The number of ketones is 1. The van der Waals surface area contributed by atoms with Gasteiger partial charge >= 0.3 is 11.9 Å². The lowest BCUT2D eigenvalue weighted by atomic mass is 9.42. The van der Waals surface area contributed by atoms with Crippen LogP contribution in [0.4, 0.5) is 4.39 Å². The summed E-state index contributed by atoms with van der Waals surface area (Å²) in [4.78, 5) is 39.0. The second-order valence-corrected chi connectivity index (χ2v) is 14.7. The first-order chi connectivity index (χ1) is 21.4. The molecule has 0 radical (unpaired) electrons. The molecule has 8 nitrogen and oxygen atoms in total. The fourth-order valence-corrected chi connectivity index (χ4v) is 8.93. The maximum Gasteiger partial charge on any atom is 0.331 e. The minimum absolute atomic E-state index is 0.0403. The number of hydrogen-bond donors (Lipinski definition) is 3. The standard InChI is InChI=1S/C37H47FO8/c1-22(2)23(3)19-32(41)46-30-21-29-33(5)15-14-28(45-31(40)12-9-25-7-10-27(38)11-8-25)20-26(33)13-16-36(29,43)37(44)18-17-35(42,24(4)39)34(30,37)6/h7-13,19,22,28-30,42-44H,14-18,20-21H2,1-6H3/b12-9+,23-19+/t28-,29+,30+,33-,34+,35+,36-,37+/m0/s1. The summed E-state index contributed by atoms with van der Waals surface area (Å²) in [5.74, 6) is -2.52. The van der Waals surface area contributed by atoms with Crippen LogP contribution < -0.4 is 0 Å². The largest absolute Gasteiger partial charge is 0.459 e. The average molecular weight is 639 g/mol. The van der Waals surface area contributed by atoms with Gasteiger partial charge in [0.15, 0.2) is 5.78 Å². The van der Waals surface area contributed by atoms with Gasteiger partial charge in [-0.15, -0.1) is 0 Å². The Bertz CT molecular complexity index is 1490. The Morgan fingerprint density at radius 1 is 0.978 bits per heavy atom. The van der Waals surface area contributed by atoms with Gasteiger partial charge < -0.3 is 24.8 Å².